The summed E-state index contributed by atoms with van der Waals surface area (Å²) in [4.78, 5) is 16.0. The van der Waals surface area contributed by atoms with Gasteiger partial charge in [-0.1, -0.05) is 30.3 Å². The van der Waals surface area contributed by atoms with E-state index in [1.807, 2.05) is 25.1 Å². The summed E-state index contributed by atoms with van der Waals surface area (Å²) in [5.74, 6) is 0.512. The maximum atomic E-state index is 11.9. The summed E-state index contributed by atoms with van der Waals surface area (Å²) in [6.07, 6.45) is 1.87. The molecule has 0 bridgehead atoms. The molecule has 5 heteroatoms. The van der Waals surface area contributed by atoms with Gasteiger partial charge >= 0.3 is 0 Å². The molecular formula is C14H17N3OS. The van der Waals surface area contributed by atoms with Crippen LogP contribution in [0.4, 0.5) is 0 Å². The van der Waals surface area contributed by atoms with Crippen molar-refractivity contribution in [2.45, 2.75) is 32.7 Å². The van der Waals surface area contributed by atoms with Crippen LogP contribution in [0.3, 0.4) is 0 Å². The van der Waals surface area contributed by atoms with Crippen molar-refractivity contribution in [3.05, 3.63) is 46.7 Å². The van der Waals surface area contributed by atoms with E-state index in [0.29, 0.717) is 10.8 Å². The van der Waals surface area contributed by atoms with Crippen molar-refractivity contribution >= 4 is 17.4 Å². The smallest absolute Gasteiger partial charge is 0.282 e. The Morgan fingerprint density at radius 3 is 2.74 bits per heavy atom. The summed E-state index contributed by atoms with van der Waals surface area (Å²) in [6.45, 7) is 3.79. The van der Waals surface area contributed by atoms with Crippen molar-refractivity contribution < 1.29 is 4.79 Å². The summed E-state index contributed by atoms with van der Waals surface area (Å²) in [7, 11) is 0. The molecule has 1 atom stereocenters. The number of aryl methyl sites for hydroxylation is 2. The fourth-order valence-electron chi connectivity index (χ4n) is 1.77. The third-order valence-corrected chi connectivity index (χ3v) is 3.61. The van der Waals surface area contributed by atoms with Crippen LogP contribution >= 0.6 is 11.5 Å². The van der Waals surface area contributed by atoms with Gasteiger partial charge in [-0.25, -0.2) is 4.98 Å². The number of rotatable bonds is 5. The van der Waals surface area contributed by atoms with Crippen LogP contribution in [0, 0.1) is 6.92 Å². The van der Waals surface area contributed by atoms with Crippen molar-refractivity contribution in [1.82, 2.24) is 14.7 Å². The van der Waals surface area contributed by atoms with Crippen molar-refractivity contribution in [3.8, 4) is 0 Å². The third-order valence-electron chi connectivity index (χ3n) is 2.81. The molecular weight excluding hydrogens is 258 g/mol. The molecule has 0 saturated heterocycles. The van der Waals surface area contributed by atoms with Gasteiger partial charge in [0.1, 0.15) is 5.82 Å². The fraction of sp³-hybridized carbons (Fsp3) is 0.357. The molecule has 2 rings (SSSR count). The van der Waals surface area contributed by atoms with Gasteiger partial charge in [-0.3, -0.25) is 4.79 Å². The Morgan fingerprint density at radius 1 is 1.37 bits per heavy atom. The molecule has 0 radical (unpaired) electrons. The van der Waals surface area contributed by atoms with Crippen LogP contribution in [0.25, 0.3) is 0 Å². The Balaban J connectivity index is 1.81. The van der Waals surface area contributed by atoms with Gasteiger partial charge in [0.2, 0.25) is 5.01 Å². The molecule has 0 saturated carbocycles. The normalized spacial score (nSPS) is 12.1. The highest BCUT2D eigenvalue weighted by Gasteiger charge is 2.13. The summed E-state index contributed by atoms with van der Waals surface area (Å²) < 4.78 is 4.01. The van der Waals surface area contributed by atoms with E-state index in [0.717, 1.165) is 24.4 Å². The minimum Gasteiger partial charge on any atom is -0.347 e. The van der Waals surface area contributed by atoms with Gasteiger partial charge in [-0.2, -0.15) is 4.37 Å². The third kappa shape index (κ3) is 4.13. The Hall–Kier alpha value is -1.75. The zero-order valence-corrected chi connectivity index (χ0v) is 11.9. The summed E-state index contributed by atoms with van der Waals surface area (Å²) >= 11 is 1.14. The molecule has 4 nitrogen and oxygen atoms in total. The monoisotopic (exact) mass is 275 g/mol. The molecule has 0 aliphatic rings. The van der Waals surface area contributed by atoms with Gasteiger partial charge < -0.3 is 5.32 Å². The van der Waals surface area contributed by atoms with Crippen LogP contribution in [0.1, 0.15) is 34.5 Å². The summed E-state index contributed by atoms with van der Waals surface area (Å²) in [5.41, 5.74) is 1.29. The molecule has 0 fully saturated rings. The lowest BCUT2D eigenvalue weighted by molar-refractivity contribution is 0.0938. The summed E-state index contributed by atoms with van der Waals surface area (Å²) in [6, 6.07) is 10.4. The number of aromatic nitrogens is 2. The van der Waals surface area contributed by atoms with E-state index < -0.39 is 0 Å². The van der Waals surface area contributed by atoms with Crippen LogP contribution in [-0.4, -0.2) is 21.3 Å². The van der Waals surface area contributed by atoms with E-state index in [1.165, 1.54) is 5.56 Å². The molecule has 1 aromatic heterocycles. The zero-order valence-electron chi connectivity index (χ0n) is 11.1. The van der Waals surface area contributed by atoms with Crippen LogP contribution in [0.5, 0.6) is 0 Å². The first-order valence-corrected chi connectivity index (χ1v) is 7.07. The molecule has 1 heterocycles. The first kappa shape index (κ1) is 13.7. The topological polar surface area (TPSA) is 54.9 Å². The van der Waals surface area contributed by atoms with Crippen LogP contribution in [0.2, 0.25) is 0 Å². The first-order valence-electron chi connectivity index (χ1n) is 6.30. The van der Waals surface area contributed by atoms with Crippen LogP contribution in [0.15, 0.2) is 30.3 Å². The van der Waals surface area contributed by atoms with Crippen molar-refractivity contribution in [2.75, 3.05) is 0 Å². The average molecular weight is 275 g/mol. The minimum atomic E-state index is -0.133. The lowest BCUT2D eigenvalue weighted by Crippen LogP contribution is -2.32. The average Bonchev–Trinajstić information content (AvgIpc) is 2.84. The van der Waals surface area contributed by atoms with Gasteiger partial charge in [0.05, 0.1) is 0 Å². The standard InChI is InChI=1S/C14H17N3OS/c1-10(8-9-12-6-4-3-5-7-12)15-13(18)14-16-11(2)17-19-14/h3-7,10H,8-9H2,1-2H3,(H,15,18). The van der Waals surface area contributed by atoms with E-state index in [-0.39, 0.29) is 11.9 Å². The highest BCUT2D eigenvalue weighted by molar-refractivity contribution is 7.07. The second-order valence-corrected chi connectivity index (χ2v) is 5.30. The fourth-order valence-corrected chi connectivity index (χ4v) is 2.35. The predicted octanol–water partition coefficient (Wildman–Crippen LogP) is 2.60. The van der Waals surface area contributed by atoms with E-state index in [1.54, 1.807) is 6.92 Å². The van der Waals surface area contributed by atoms with Gasteiger partial charge in [-0.05, 0) is 43.8 Å². The Morgan fingerprint density at radius 2 is 2.11 bits per heavy atom. The molecule has 2 aromatic rings. The maximum absolute atomic E-state index is 11.9. The van der Waals surface area contributed by atoms with Crippen molar-refractivity contribution in [2.24, 2.45) is 0 Å². The first-order chi connectivity index (χ1) is 9.15. The number of hydrogen-bond acceptors (Lipinski definition) is 4. The lowest BCUT2D eigenvalue weighted by atomic mass is 10.1. The molecule has 100 valence electrons. The lowest BCUT2D eigenvalue weighted by Gasteiger charge is -2.12. The summed E-state index contributed by atoms with van der Waals surface area (Å²) in [5, 5.41) is 3.38. The number of nitrogens with one attached hydrogen (secondary N) is 1. The number of nitrogens with zero attached hydrogens (tertiary/aromatic N) is 2. The van der Waals surface area contributed by atoms with Gasteiger partial charge in [-0.15, -0.1) is 0 Å². The molecule has 0 aliphatic carbocycles. The van der Waals surface area contributed by atoms with E-state index in [4.69, 9.17) is 0 Å². The second-order valence-electron chi connectivity index (χ2n) is 4.55. The van der Waals surface area contributed by atoms with E-state index >= 15 is 0 Å². The van der Waals surface area contributed by atoms with Gasteiger partial charge in [0, 0.05) is 6.04 Å². The quantitative estimate of drug-likeness (QED) is 0.912. The number of carbonyl (C=O) groups is 1. The predicted molar refractivity (Wildman–Crippen MR) is 76.3 cm³/mol. The van der Waals surface area contributed by atoms with Crippen molar-refractivity contribution in [1.29, 1.82) is 0 Å². The molecule has 1 unspecified atom stereocenters. The Kier molecular flexibility index (Phi) is 4.63. The zero-order chi connectivity index (χ0) is 13.7. The largest absolute Gasteiger partial charge is 0.347 e. The molecule has 1 aromatic carbocycles. The second kappa shape index (κ2) is 6.43. The number of amides is 1. The van der Waals surface area contributed by atoms with Crippen molar-refractivity contribution in [3.63, 3.8) is 0 Å². The Bertz CT molecular complexity index is 539. The number of carbonyl (C=O) groups excluding carboxylic acids is 1. The highest BCUT2D eigenvalue weighted by atomic mass is 32.1. The number of hydrogen-bond donors (Lipinski definition) is 1. The van der Waals surface area contributed by atoms with Gasteiger partial charge in [0.15, 0.2) is 0 Å². The van der Waals surface area contributed by atoms with Crippen LogP contribution < -0.4 is 5.32 Å². The number of benzene rings is 1. The molecule has 19 heavy (non-hydrogen) atoms. The SMILES string of the molecule is Cc1nsc(C(=O)NC(C)CCc2ccccc2)n1. The van der Waals surface area contributed by atoms with Crippen LogP contribution in [-0.2, 0) is 6.42 Å². The molecule has 1 N–H and O–H groups in total. The molecule has 1 amide bonds. The highest BCUT2D eigenvalue weighted by Crippen LogP contribution is 2.07. The maximum Gasteiger partial charge on any atom is 0.282 e. The van der Waals surface area contributed by atoms with E-state index in [2.05, 4.69) is 26.8 Å². The van der Waals surface area contributed by atoms with E-state index in [9.17, 15) is 4.79 Å². The molecule has 0 spiro atoms. The van der Waals surface area contributed by atoms with Gasteiger partial charge in [0.25, 0.3) is 5.91 Å². The Labute approximate surface area is 117 Å². The molecule has 0 aliphatic heterocycles. The minimum absolute atomic E-state index is 0.122.